The fraction of sp³-hybridized carbons (Fsp3) is 0.250. The van der Waals surface area contributed by atoms with Gasteiger partial charge < -0.3 is 9.73 Å². The number of nitrogens with one attached hydrogen (secondary N) is 1. The van der Waals surface area contributed by atoms with Gasteiger partial charge in [0.15, 0.2) is 0 Å². The number of anilines is 1. The fourth-order valence-electron chi connectivity index (χ4n) is 1.58. The van der Waals surface area contributed by atoms with Crippen LogP contribution in [0.4, 0.5) is 5.95 Å². The standard InChI is InChI=1S/C12H13N7OS/c1-3-14-9-16-10(19-5-4-13-7-19)18-11(17-9)21-12-15-8(2)6-20-12/h4-7H,3H2,1-2H3,(H,14,16,17,18). The summed E-state index contributed by atoms with van der Waals surface area (Å²) in [6.45, 7) is 4.56. The van der Waals surface area contributed by atoms with Crippen LogP contribution in [0.5, 0.6) is 0 Å². The van der Waals surface area contributed by atoms with E-state index in [0.29, 0.717) is 22.3 Å². The smallest absolute Gasteiger partial charge is 0.263 e. The van der Waals surface area contributed by atoms with Crippen molar-refractivity contribution in [2.24, 2.45) is 0 Å². The highest BCUT2D eigenvalue weighted by Gasteiger charge is 2.11. The summed E-state index contributed by atoms with van der Waals surface area (Å²) >= 11 is 1.25. The summed E-state index contributed by atoms with van der Waals surface area (Å²) in [4.78, 5) is 21.3. The SMILES string of the molecule is CCNc1nc(Sc2nc(C)co2)nc(-n2ccnc2)n1. The molecule has 0 aliphatic heterocycles. The first-order valence-electron chi connectivity index (χ1n) is 6.33. The van der Waals surface area contributed by atoms with Gasteiger partial charge >= 0.3 is 0 Å². The largest absolute Gasteiger partial charge is 0.439 e. The normalized spacial score (nSPS) is 10.8. The predicted octanol–water partition coefficient (Wildman–Crippen LogP) is 1.94. The molecule has 0 aliphatic carbocycles. The number of imidazole rings is 1. The van der Waals surface area contributed by atoms with Crippen molar-refractivity contribution in [2.75, 3.05) is 11.9 Å². The third kappa shape index (κ3) is 3.19. The highest BCUT2D eigenvalue weighted by Crippen LogP contribution is 2.24. The van der Waals surface area contributed by atoms with Crippen LogP contribution in [-0.2, 0) is 0 Å². The molecule has 0 radical (unpaired) electrons. The third-order valence-corrected chi connectivity index (χ3v) is 3.18. The average Bonchev–Trinajstić information content (AvgIpc) is 3.11. The van der Waals surface area contributed by atoms with Gasteiger partial charge in [-0.05, 0) is 13.8 Å². The molecule has 0 amide bonds. The Morgan fingerprint density at radius 3 is 2.86 bits per heavy atom. The maximum absolute atomic E-state index is 5.31. The topological polar surface area (TPSA) is 94.6 Å². The Kier molecular flexibility index (Phi) is 3.82. The zero-order chi connectivity index (χ0) is 14.7. The van der Waals surface area contributed by atoms with Crippen molar-refractivity contribution >= 4 is 17.7 Å². The lowest BCUT2D eigenvalue weighted by Gasteiger charge is -2.06. The van der Waals surface area contributed by atoms with Crippen molar-refractivity contribution in [1.82, 2.24) is 29.5 Å². The molecule has 3 heterocycles. The van der Waals surface area contributed by atoms with E-state index >= 15 is 0 Å². The van der Waals surface area contributed by atoms with Gasteiger partial charge in [-0.25, -0.2) is 9.97 Å². The highest BCUT2D eigenvalue weighted by molar-refractivity contribution is 7.98. The molecule has 1 N–H and O–H groups in total. The highest BCUT2D eigenvalue weighted by atomic mass is 32.2. The lowest BCUT2D eigenvalue weighted by molar-refractivity contribution is 0.453. The quantitative estimate of drug-likeness (QED) is 0.764. The average molecular weight is 303 g/mol. The molecule has 0 fully saturated rings. The number of aryl methyl sites for hydroxylation is 1. The van der Waals surface area contributed by atoms with Crippen LogP contribution < -0.4 is 5.32 Å². The van der Waals surface area contributed by atoms with E-state index in [1.807, 2.05) is 13.8 Å². The second-order valence-corrected chi connectivity index (χ2v) is 5.02. The molecule has 0 aromatic carbocycles. The number of aromatic nitrogens is 6. The molecule has 3 aromatic heterocycles. The summed E-state index contributed by atoms with van der Waals surface area (Å²) in [5, 5.41) is 4.08. The second-order valence-electron chi connectivity index (χ2n) is 4.10. The van der Waals surface area contributed by atoms with Gasteiger partial charge in [0.1, 0.15) is 12.6 Å². The number of hydrogen-bond acceptors (Lipinski definition) is 8. The molecule has 0 bridgehead atoms. The summed E-state index contributed by atoms with van der Waals surface area (Å²) < 4.78 is 7.03. The van der Waals surface area contributed by atoms with Gasteiger partial charge in [0, 0.05) is 30.7 Å². The van der Waals surface area contributed by atoms with Crippen LogP contribution in [0.25, 0.3) is 5.95 Å². The van der Waals surface area contributed by atoms with E-state index in [2.05, 4.69) is 30.2 Å². The molecule has 0 saturated heterocycles. The lowest BCUT2D eigenvalue weighted by atomic mass is 10.6. The van der Waals surface area contributed by atoms with E-state index in [1.165, 1.54) is 11.8 Å². The molecule has 0 aliphatic rings. The second kappa shape index (κ2) is 5.92. The van der Waals surface area contributed by atoms with E-state index in [0.717, 1.165) is 12.2 Å². The van der Waals surface area contributed by atoms with Crippen LogP contribution in [-0.4, -0.2) is 36.0 Å². The Bertz CT molecular complexity index is 725. The number of rotatable bonds is 5. The first-order valence-corrected chi connectivity index (χ1v) is 7.14. The zero-order valence-electron chi connectivity index (χ0n) is 11.5. The van der Waals surface area contributed by atoms with Crippen molar-refractivity contribution in [1.29, 1.82) is 0 Å². The van der Waals surface area contributed by atoms with Crippen molar-refractivity contribution in [3.63, 3.8) is 0 Å². The van der Waals surface area contributed by atoms with Crippen molar-refractivity contribution in [3.8, 4) is 5.95 Å². The molecular weight excluding hydrogens is 290 g/mol. The predicted molar refractivity (Wildman–Crippen MR) is 76.5 cm³/mol. The van der Waals surface area contributed by atoms with Gasteiger partial charge in [-0.1, -0.05) is 0 Å². The van der Waals surface area contributed by atoms with Crippen LogP contribution in [0.15, 0.2) is 39.8 Å². The minimum absolute atomic E-state index is 0.490. The third-order valence-electron chi connectivity index (χ3n) is 2.45. The maximum Gasteiger partial charge on any atom is 0.263 e. The molecular formula is C12H13N7OS. The van der Waals surface area contributed by atoms with E-state index in [9.17, 15) is 0 Å². The van der Waals surface area contributed by atoms with E-state index in [1.54, 1.807) is 29.6 Å². The number of nitrogens with zero attached hydrogens (tertiary/aromatic N) is 6. The summed E-state index contributed by atoms with van der Waals surface area (Å²) in [7, 11) is 0. The van der Waals surface area contributed by atoms with Crippen LogP contribution in [0.3, 0.4) is 0 Å². The Labute approximate surface area is 125 Å². The Balaban J connectivity index is 1.95. The molecule has 9 heteroatoms. The summed E-state index contributed by atoms with van der Waals surface area (Å²) in [5.41, 5.74) is 0.813. The van der Waals surface area contributed by atoms with Gasteiger partial charge in [0.25, 0.3) is 5.22 Å². The summed E-state index contributed by atoms with van der Waals surface area (Å²) in [6, 6.07) is 0. The van der Waals surface area contributed by atoms with Gasteiger partial charge in [0.05, 0.1) is 5.69 Å². The minimum atomic E-state index is 0.490. The molecule has 0 unspecified atom stereocenters. The monoisotopic (exact) mass is 303 g/mol. The van der Waals surface area contributed by atoms with Crippen molar-refractivity contribution < 1.29 is 4.42 Å². The van der Waals surface area contributed by atoms with Crippen LogP contribution >= 0.6 is 11.8 Å². The number of oxazole rings is 1. The Hall–Kier alpha value is -2.42. The fourth-order valence-corrected chi connectivity index (χ4v) is 2.28. The van der Waals surface area contributed by atoms with Crippen molar-refractivity contribution in [3.05, 3.63) is 30.7 Å². The minimum Gasteiger partial charge on any atom is -0.439 e. The Morgan fingerprint density at radius 1 is 1.29 bits per heavy atom. The lowest BCUT2D eigenvalue weighted by Crippen LogP contribution is -2.08. The van der Waals surface area contributed by atoms with E-state index in [-0.39, 0.29) is 0 Å². The summed E-state index contributed by atoms with van der Waals surface area (Å²) in [5.74, 6) is 0.992. The van der Waals surface area contributed by atoms with Crippen LogP contribution in [0.1, 0.15) is 12.6 Å². The molecule has 21 heavy (non-hydrogen) atoms. The van der Waals surface area contributed by atoms with E-state index < -0.39 is 0 Å². The van der Waals surface area contributed by atoms with Crippen LogP contribution in [0, 0.1) is 6.92 Å². The number of hydrogen-bond donors (Lipinski definition) is 1. The van der Waals surface area contributed by atoms with Gasteiger partial charge in [-0.3, -0.25) is 4.57 Å². The molecule has 0 spiro atoms. The first kappa shape index (κ1) is 13.6. The van der Waals surface area contributed by atoms with Crippen molar-refractivity contribution in [2.45, 2.75) is 24.2 Å². The molecule has 0 atom stereocenters. The van der Waals surface area contributed by atoms with Gasteiger partial charge in [-0.15, -0.1) is 0 Å². The zero-order valence-corrected chi connectivity index (χ0v) is 12.3. The molecule has 108 valence electrons. The molecule has 3 rings (SSSR count). The molecule has 0 saturated carbocycles. The first-order chi connectivity index (χ1) is 10.2. The maximum atomic E-state index is 5.31. The molecule has 3 aromatic rings. The van der Waals surface area contributed by atoms with E-state index in [4.69, 9.17) is 4.42 Å². The summed E-state index contributed by atoms with van der Waals surface area (Å²) in [6.07, 6.45) is 6.66. The van der Waals surface area contributed by atoms with Gasteiger partial charge in [0.2, 0.25) is 17.1 Å². The molecule has 8 nitrogen and oxygen atoms in total. The van der Waals surface area contributed by atoms with Gasteiger partial charge in [-0.2, -0.15) is 15.0 Å². The Morgan fingerprint density at radius 2 is 2.19 bits per heavy atom. The van der Waals surface area contributed by atoms with Crippen LogP contribution in [0.2, 0.25) is 0 Å².